The number of rotatable bonds is 3. The monoisotopic (exact) mass is 295 g/mol. The van der Waals surface area contributed by atoms with Gasteiger partial charge in [0.05, 0.1) is 7.11 Å². The number of methoxy groups -OCH3 is 1. The first-order valence-corrected chi connectivity index (χ1v) is 6.67. The van der Waals surface area contributed by atoms with Crippen LogP contribution in [-0.4, -0.2) is 17.8 Å². The van der Waals surface area contributed by atoms with Crippen LogP contribution in [0.15, 0.2) is 65.6 Å². The van der Waals surface area contributed by atoms with Gasteiger partial charge in [0.2, 0.25) is 0 Å². The van der Waals surface area contributed by atoms with E-state index in [1.54, 1.807) is 18.2 Å². The van der Waals surface area contributed by atoms with Gasteiger partial charge >= 0.3 is 5.97 Å². The van der Waals surface area contributed by atoms with E-state index in [-0.39, 0.29) is 5.56 Å². The van der Waals surface area contributed by atoms with Crippen LogP contribution in [-0.2, 0) is 0 Å². The predicted molar refractivity (Wildman–Crippen MR) is 82.1 cm³/mol. The summed E-state index contributed by atoms with van der Waals surface area (Å²) in [7, 11) is 1.49. The lowest BCUT2D eigenvalue weighted by Crippen LogP contribution is -2.29. The maximum Gasteiger partial charge on any atom is 0.367 e. The molecule has 0 unspecified atom stereocenters. The fraction of sp³-hybridized carbons (Fsp3) is 0.0588. The van der Waals surface area contributed by atoms with Gasteiger partial charge in [-0.3, -0.25) is 4.79 Å². The molecule has 1 heterocycles. The zero-order valence-electron chi connectivity index (χ0n) is 11.9. The lowest BCUT2D eigenvalue weighted by Gasteiger charge is -2.11. The summed E-state index contributed by atoms with van der Waals surface area (Å²) in [4.78, 5) is 29.0. The van der Waals surface area contributed by atoms with E-state index in [2.05, 4.69) is 0 Å². The van der Waals surface area contributed by atoms with Crippen molar-refractivity contribution in [3.05, 3.63) is 76.7 Å². The highest BCUT2D eigenvalue weighted by atomic mass is 16.7. The second-order valence-electron chi connectivity index (χ2n) is 4.61. The van der Waals surface area contributed by atoms with Crippen LogP contribution < -0.4 is 15.1 Å². The minimum absolute atomic E-state index is 0.261. The molecule has 0 spiro atoms. The minimum Gasteiger partial charge on any atom is -0.495 e. The van der Waals surface area contributed by atoms with Gasteiger partial charge in [-0.2, -0.15) is 0 Å². The Kier molecular flexibility index (Phi) is 3.62. The molecule has 5 heteroatoms. The lowest BCUT2D eigenvalue weighted by molar-refractivity contribution is 0.0439. The number of ether oxygens (including phenoxy) is 1. The smallest absolute Gasteiger partial charge is 0.367 e. The first kappa shape index (κ1) is 13.9. The SMILES string of the molecule is COc1c(C(=O)On2ccccc2=O)ccc2ccccc12. The Morgan fingerprint density at radius 1 is 1.00 bits per heavy atom. The fourth-order valence-corrected chi connectivity index (χ4v) is 2.25. The summed E-state index contributed by atoms with van der Waals surface area (Å²) in [6.45, 7) is 0. The van der Waals surface area contributed by atoms with E-state index in [1.807, 2.05) is 30.3 Å². The van der Waals surface area contributed by atoms with E-state index in [4.69, 9.17) is 9.57 Å². The number of hydrogen-bond acceptors (Lipinski definition) is 4. The second kappa shape index (κ2) is 5.73. The summed E-state index contributed by atoms with van der Waals surface area (Å²) in [5, 5.41) is 1.76. The quantitative estimate of drug-likeness (QED) is 0.744. The molecule has 0 bridgehead atoms. The number of nitrogens with zero attached hydrogens (tertiary/aromatic N) is 1. The number of carbonyl (C=O) groups excluding carboxylic acids is 1. The summed E-state index contributed by atoms with van der Waals surface area (Å²) in [5.41, 5.74) is -0.160. The van der Waals surface area contributed by atoms with Gasteiger partial charge < -0.3 is 9.57 Å². The summed E-state index contributed by atoms with van der Waals surface area (Å²) in [6.07, 6.45) is 1.38. The molecule has 0 radical (unpaired) electrons. The van der Waals surface area contributed by atoms with Crippen LogP contribution in [0.2, 0.25) is 0 Å². The number of pyridine rings is 1. The summed E-state index contributed by atoms with van der Waals surface area (Å²) in [5.74, 6) is -0.233. The van der Waals surface area contributed by atoms with Gasteiger partial charge in [0, 0.05) is 17.6 Å². The van der Waals surface area contributed by atoms with Crippen molar-refractivity contribution in [1.82, 2.24) is 4.73 Å². The van der Waals surface area contributed by atoms with Crippen molar-refractivity contribution in [2.45, 2.75) is 0 Å². The Labute approximate surface area is 126 Å². The second-order valence-corrected chi connectivity index (χ2v) is 4.61. The molecule has 3 rings (SSSR count). The van der Waals surface area contributed by atoms with Gasteiger partial charge in [-0.25, -0.2) is 4.79 Å². The fourth-order valence-electron chi connectivity index (χ4n) is 2.25. The van der Waals surface area contributed by atoms with Crippen molar-refractivity contribution in [2.24, 2.45) is 0 Å². The van der Waals surface area contributed by atoms with Crippen LogP contribution >= 0.6 is 0 Å². The van der Waals surface area contributed by atoms with E-state index in [0.717, 1.165) is 15.5 Å². The van der Waals surface area contributed by atoms with Crippen molar-refractivity contribution < 1.29 is 14.4 Å². The van der Waals surface area contributed by atoms with Crippen molar-refractivity contribution >= 4 is 16.7 Å². The topological polar surface area (TPSA) is 57.5 Å². The molecule has 0 amide bonds. The van der Waals surface area contributed by atoms with Crippen LogP contribution in [0.4, 0.5) is 0 Å². The lowest BCUT2D eigenvalue weighted by atomic mass is 10.1. The van der Waals surface area contributed by atoms with Crippen molar-refractivity contribution in [2.75, 3.05) is 7.11 Å². The van der Waals surface area contributed by atoms with Gasteiger partial charge in [-0.15, -0.1) is 4.73 Å². The number of benzene rings is 2. The molecule has 0 aliphatic rings. The van der Waals surface area contributed by atoms with E-state index < -0.39 is 11.5 Å². The zero-order chi connectivity index (χ0) is 15.5. The van der Waals surface area contributed by atoms with Crippen molar-refractivity contribution in [3.8, 4) is 5.75 Å². The molecule has 110 valence electrons. The van der Waals surface area contributed by atoms with E-state index in [1.165, 1.54) is 19.4 Å². The molecule has 5 nitrogen and oxygen atoms in total. The molecular weight excluding hydrogens is 282 g/mol. The number of fused-ring (bicyclic) bond motifs is 1. The highest BCUT2D eigenvalue weighted by Gasteiger charge is 2.17. The summed E-state index contributed by atoms with van der Waals surface area (Å²) < 4.78 is 6.25. The Morgan fingerprint density at radius 3 is 2.55 bits per heavy atom. The average Bonchev–Trinajstić information content (AvgIpc) is 2.55. The van der Waals surface area contributed by atoms with Crippen molar-refractivity contribution in [1.29, 1.82) is 0 Å². The third-order valence-electron chi connectivity index (χ3n) is 3.27. The largest absolute Gasteiger partial charge is 0.495 e. The van der Waals surface area contributed by atoms with Crippen LogP contribution in [0.25, 0.3) is 10.8 Å². The van der Waals surface area contributed by atoms with Gasteiger partial charge in [-0.05, 0) is 17.5 Å². The van der Waals surface area contributed by atoms with E-state index in [9.17, 15) is 9.59 Å². The molecule has 22 heavy (non-hydrogen) atoms. The van der Waals surface area contributed by atoms with Crippen LogP contribution in [0.5, 0.6) is 5.75 Å². The number of carbonyl (C=O) groups is 1. The molecule has 2 aromatic carbocycles. The summed E-state index contributed by atoms with van der Waals surface area (Å²) in [6, 6.07) is 15.5. The highest BCUT2D eigenvalue weighted by molar-refractivity contribution is 6.01. The third-order valence-corrected chi connectivity index (χ3v) is 3.27. The Bertz CT molecular complexity index is 898. The van der Waals surface area contributed by atoms with E-state index in [0.29, 0.717) is 5.75 Å². The van der Waals surface area contributed by atoms with Gasteiger partial charge in [0.25, 0.3) is 5.56 Å². The number of hydrogen-bond donors (Lipinski definition) is 0. The van der Waals surface area contributed by atoms with Crippen LogP contribution in [0.3, 0.4) is 0 Å². The Morgan fingerprint density at radius 2 is 1.77 bits per heavy atom. The first-order chi connectivity index (χ1) is 10.7. The van der Waals surface area contributed by atoms with Crippen molar-refractivity contribution in [3.63, 3.8) is 0 Å². The van der Waals surface area contributed by atoms with Gasteiger partial charge in [-0.1, -0.05) is 36.4 Å². The molecule has 0 saturated carbocycles. The maximum atomic E-state index is 12.3. The predicted octanol–water partition coefficient (Wildman–Crippen LogP) is 2.28. The Hall–Kier alpha value is -3.08. The molecule has 0 N–H and O–H groups in total. The third kappa shape index (κ3) is 2.44. The van der Waals surface area contributed by atoms with Crippen LogP contribution in [0.1, 0.15) is 10.4 Å². The molecule has 0 aliphatic carbocycles. The zero-order valence-corrected chi connectivity index (χ0v) is 11.9. The average molecular weight is 295 g/mol. The first-order valence-electron chi connectivity index (χ1n) is 6.67. The molecule has 1 aromatic heterocycles. The summed E-state index contributed by atoms with van der Waals surface area (Å²) >= 11 is 0. The standard InChI is InChI=1S/C17H13NO4/c1-21-16-13-7-3-2-6-12(13)9-10-14(16)17(20)22-18-11-5-4-8-15(18)19/h2-11H,1H3. The van der Waals surface area contributed by atoms with Gasteiger partial charge in [0.15, 0.2) is 0 Å². The number of aromatic nitrogens is 1. The highest BCUT2D eigenvalue weighted by Crippen LogP contribution is 2.29. The molecular formula is C17H13NO4. The molecule has 0 saturated heterocycles. The molecule has 0 atom stereocenters. The molecule has 0 aliphatic heterocycles. The van der Waals surface area contributed by atoms with Crippen LogP contribution in [0, 0.1) is 0 Å². The minimum atomic E-state index is -0.657. The normalized spacial score (nSPS) is 10.4. The Balaban J connectivity index is 2.04. The van der Waals surface area contributed by atoms with Gasteiger partial charge in [0.1, 0.15) is 11.3 Å². The molecule has 0 fully saturated rings. The molecule has 3 aromatic rings. The maximum absolute atomic E-state index is 12.3. The van der Waals surface area contributed by atoms with E-state index >= 15 is 0 Å².